The molecule has 0 spiro atoms. The van der Waals surface area contributed by atoms with Gasteiger partial charge in [-0.05, 0) is 25.1 Å². The van der Waals surface area contributed by atoms with Crippen molar-refractivity contribution in [3.63, 3.8) is 0 Å². The largest absolute Gasteiger partial charge is 0.315 e. The van der Waals surface area contributed by atoms with Gasteiger partial charge in [-0.25, -0.2) is 4.98 Å². The molecule has 2 nitrogen and oxygen atoms in total. The van der Waals surface area contributed by atoms with Crippen LogP contribution in [0, 0.1) is 0 Å². The minimum atomic E-state index is 0.573. The van der Waals surface area contributed by atoms with Crippen molar-refractivity contribution in [2.45, 2.75) is 31.3 Å². The Morgan fingerprint density at radius 2 is 2.27 bits per heavy atom. The Morgan fingerprint density at radius 1 is 1.47 bits per heavy atom. The maximum Gasteiger partial charge on any atom is 0.0960 e. The van der Waals surface area contributed by atoms with Crippen LogP contribution in [0.5, 0.6) is 0 Å². The predicted molar refractivity (Wildman–Crippen MR) is 67.7 cm³/mol. The number of aromatic nitrogens is 1. The first-order chi connectivity index (χ1) is 7.18. The lowest BCUT2D eigenvalue weighted by Gasteiger charge is -2.06. The first kappa shape index (κ1) is 12.8. The van der Waals surface area contributed by atoms with Crippen molar-refractivity contribution in [1.29, 1.82) is 0 Å². The molecule has 0 radical (unpaired) electrons. The summed E-state index contributed by atoms with van der Waals surface area (Å²) in [4.78, 5) is 4.22. The van der Waals surface area contributed by atoms with Gasteiger partial charge in [0, 0.05) is 18.0 Å². The fourth-order valence-corrected chi connectivity index (χ4v) is 1.99. The molecule has 0 bridgehead atoms. The second-order valence-corrected chi connectivity index (χ2v) is 5.18. The normalized spacial score (nSPS) is 10.9. The van der Waals surface area contributed by atoms with Crippen LogP contribution in [0.3, 0.4) is 0 Å². The van der Waals surface area contributed by atoms with Crippen molar-refractivity contribution in [3.8, 4) is 0 Å². The van der Waals surface area contributed by atoms with Crippen molar-refractivity contribution < 1.29 is 0 Å². The standard InChI is InChI=1S/C11H17ClN2S/c1-9(2)13-6-3-7-15-11-5-4-10(12)8-14-11/h4-5,8-9,13H,3,6-7H2,1-2H3. The van der Waals surface area contributed by atoms with Crippen LogP contribution in [0.1, 0.15) is 20.3 Å². The Morgan fingerprint density at radius 3 is 2.87 bits per heavy atom. The highest BCUT2D eigenvalue weighted by atomic mass is 35.5. The number of nitrogens with one attached hydrogen (secondary N) is 1. The summed E-state index contributed by atoms with van der Waals surface area (Å²) in [5, 5.41) is 5.13. The van der Waals surface area contributed by atoms with Gasteiger partial charge in [-0.3, -0.25) is 0 Å². The molecule has 84 valence electrons. The van der Waals surface area contributed by atoms with Gasteiger partial charge in [0.05, 0.1) is 10.0 Å². The molecule has 1 N–H and O–H groups in total. The smallest absolute Gasteiger partial charge is 0.0960 e. The molecule has 0 amide bonds. The van der Waals surface area contributed by atoms with Crippen LogP contribution >= 0.6 is 23.4 Å². The van der Waals surface area contributed by atoms with Crippen LogP contribution in [-0.2, 0) is 0 Å². The minimum absolute atomic E-state index is 0.573. The Balaban J connectivity index is 2.12. The summed E-state index contributed by atoms with van der Waals surface area (Å²) >= 11 is 7.52. The molecule has 0 saturated heterocycles. The summed E-state index contributed by atoms with van der Waals surface area (Å²) in [6.45, 7) is 5.39. The Kier molecular flexibility index (Phi) is 6.06. The van der Waals surface area contributed by atoms with E-state index in [1.807, 2.05) is 12.1 Å². The molecule has 15 heavy (non-hydrogen) atoms. The first-order valence-corrected chi connectivity index (χ1v) is 6.52. The summed E-state index contributed by atoms with van der Waals surface area (Å²) in [7, 11) is 0. The van der Waals surface area contributed by atoms with Gasteiger partial charge < -0.3 is 5.32 Å². The van der Waals surface area contributed by atoms with Crippen LogP contribution in [0.4, 0.5) is 0 Å². The van der Waals surface area contributed by atoms with E-state index in [9.17, 15) is 0 Å². The highest BCUT2D eigenvalue weighted by Crippen LogP contribution is 2.17. The fourth-order valence-electron chi connectivity index (χ4n) is 1.09. The van der Waals surface area contributed by atoms with E-state index in [2.05, 4.69) is 24.1 Å². The molecule has 0 atom stereocenters. The molecule has 1 aromatic rings. The van der Waals surface area contributed by atoms with Gasteiger partial charge in [-0.2, -0.15) is 0 Å². The zero-order chi connectivity index (χ0) is 11.1. The molecule has 1 aromatic heterocycles. The summed E-state index contributed by atoms with van der Waals surface area (Å²) in [5.41, 5.74) is 0. The lowest BCUT2D eigenvalue weighted by atomic mass is 10.4. The molecule has 0 aliphatic rings. The minimum Gasteiger partial charge on any atom is -0.315 e. The Bertz CT molecular complexity index is 274. The van der Waals surface area contributed by atoms with Crippen LogP contribution in [0.2, 0.25) is 5.02 Å². The maximum atomic E-state index is 5.75. The molecule has 0 saturated carbocycles. The number of hydrogen-bond acceptors (Lipinski definition) is 3. The summed E-state index contributed by atoms with van der Waals surface area (Å²) in [5.74, 6) is 1.09. The molecule has 1 rings (SSSR count). The van der Waals surface area contributed by atoms with E-state index in [1.165, 1.54) is 0 Å². The number of rotatable bonds is 6. The van der Waals surface area contributed by atoms with Gasteiger partial charge in [0.2, 0.25) is 0 Å². The number of pyridine rings is 1. The topological polar surface area (TPSA) is 24.9 Å². The maximum absolute atomic E-state index is 5.75. The second kappa shape index (κ2) is 7.09. The lowest BCUT2D eigenvalue weighted by molar-refractivity contribution is 0.586. The van der Waals surface area contributed by atoms with E-state index in [0.717, 1.165) is 23.7 Å². The van der Waals surface area contributed by atoms with E-state index in [0.29, 0.717) is 11.1 Å². The van der Waals surface area contributed by atoms with Crippen molar-refractivity contribution in [2.24, 2.45) is 0 Å². The molecule has 0 aliphatic carbocycles. The third-order valence-corrected chi connectivity index (χ3v) is 3.08. The zero-order valence-corrected chi connectivity index (χ0v) is 10.7. The summed E-state index contributed by atoms with van der Waals surface area (Å²) in [6.07, 6.45) is 2.85. The first-order valence-electron chi connectivity index (χ1n) is 5.16. The summed E-state index contributed by atoms with van der Waals surface area (Å²) < 4.78 is 0. The molecule has 4 heteroatoms. The molecule has 0 unspecified atom stereocenters. The third-order valence-electron chi connectivity index (χ3n) is 1.82. The number of nitrogens with zero attached hydrogens (tertiary/aromatic N) is 1. The fraction of sp³-hybridized carbons (Fsp3) is 0.545. The summed E-state index contributed by atoms with van der Waals surface area (Å²) in [6, 6.07) is 4.41. The monoisotopic (exact) mass is 244 g/mol. The van der Waals surface area contributed by atoms with Gasteiger partial charge in [0.1, 0.15) is 0 Å². The van der Waals surface area contributed by atoms with Crippen molar-refractivity contribution in [2.75, 3.05) is 12.3 Å². The van der Waals surface area contributed by atoms with Gasteiger partial charge in [-0.1, -0.05) is 25.4 Å². The Hall–Kier alpha value is -0.250. The van der Waals surface area contributed by atoms with Crippen LogP contribution in [0.15, 0.2) is 23.4 Å². The highest BCUT2D eigenvalue weighted by Gasteiger charge is 1.96. The Labute approximate surface area is 101 Å². The van der Waals surface area contributed by atoms with Crippen molar-refractivity contribution >= 4 is 23.4 Å². The quantitative estimate of drug-likeness (QED) is 0.615. The van der Waals surface area contributed by atoms with E-state index in [-0.39, 0.29) is 0 Å². The van der Waals surface area contributed by atoms with E-state index < -0.39 is 0 Å². The van der Waals surface area contributed by atoms with Crippen LogP contribution in [-0.4, -0.2) is 23.3 Å². The van der Waals surface area contributed by atoms with Crippen molar-refractivity contribution in [1.82, 2.24) is 10.3 Å². The average Bonchev–Trinajstić information content (AvgIpc) is 2.20. The molecule has 1 heterocycles. The molecular formula is C11H17ClN2S. The number of halogens is 1. The van der Waals surface area contributed by atoms with Gasteiger partial charge >= 0.3 is 0 Å². The lowest BCUT2D eigenvalue weighted by Crippen LogP contribution is -2.23. The average molecular weight is 245 g/mol. The van der Waals surface area contributed by atoms with Crippen LogP contribution in [0.25, 0.3) is 0 Å². The van der Waals surface area contributed by atoms with E-state index >= 15 is 0 Å². The molecule has 0 fully saturated rings. The number of hydrogen-bond donors (Lipinski definition) is 1. The molecular weight excluding hydrogens is 228 g/mol. The molecule has 0 aliphatic heterocycles. The molecule has 0 aromatic carbocycles. The highest BCUT2D eigenvalue weighted by molar-refractivity contribution is 7.99. The second-order valence-electron chi connectivity index (χ2n) is 3.63. The number of thioether (sulfide) groups is 1. The zero-order valence-electron chi connectivity index (χ0n) is 9.16. The van der Waals surface area contributed by atoms with E-state index in [1.54, 1.807) is 18.0 Å². The van der Waals surface area contributed by atoms with Crippen molar-refractivity contribution in [3.05, 3.63) is 23.4 Å². The van der Waals surface area contributed by atoms with E-state index in [4.69, 9.17) is 11.6 Å². The van der Waals surface area contributed by atoms with Gasteiger partial charge in [0.25, 0.3) is 0 Å². The van der Waals surface area contributed by atoms with Gasteiger partial charge in [0.15, 0.2) is 0 Å². The van der Waals surface area contributed by atoms with Gasteiger partial charge in [-0.15, -0.1) is 11.8 Å². The SMILES string of the molecule is CC(C)NCCCSc1ccc(Cl)cn1. The third kappa shape index (κ3) is 6.03. The van der Waals surface area contributed by atoms with Crippen LogP contribution < -0.4 is 5.32 Å². The predicted octanol–water partition coefficient (Wildman–Crippen LogP) is 3.22.